The van der Waals surface area contributed by atoms with E-state index in [1.165, 1.54) is 29.2 Å². The van der Waals surface area contributed by atoms with Gasteiger partial charge in [0.1, 0.15) is 16.3 Å². The van der Waals surface area contributed by atoms with Crippen LogP contribution in [0.2, 0.25) is 0 Å². The molecule has 3 aromatic rings. The molecule has 2 aromatic carbocycles. The van der Waals surface area contributed by atoms with Crippen LogP contribution >= 0.6 is 23.1 Å². The van der Waals surface area contributed by atoms with E-state index in [2.05, 4.69) is 4.98 Å². The maximum atomic E-state index is 14.0. The molecule has 1 aliphatic heterocycles. The van der Waals surface area contributed by atoms with Crippen molar-refractivity contribution in [1.29, 1.82) is 0 Å². The number of thioether (sulfide) groups is 1. The molecule has 0 radical (unpaired) electrons. The van der Waals surface area contributed by atoms with Crippen LogP contribution in [0.25, 0.3) is 10.2 Å². The number of carbonyl (C=O) groups is 2. The average molecular weight is 416 g/mol. The molecular weight excluding hydrogens is 399 g/mol. The third-order valence-electron chi connectivity index (χ3n) is 4.33. The van der Waals surface area contributed by atoms with Crippen molar-refractivity contribution >= 4 is 50.9 Å². The highest BCUT2D eigenvalue weighted by Gasteiger charge is 2.35. The molecule has 0 bridgehead atoms. The summed E-state index contributed by atoms with van der Waals surface area (Å²) in [6, 6.07) is 12.4. The number of rotatable bonds is 5. The molecule has 8 heteroatoms. The Morgan fingerprint density at radius 1 is 1.25 bits per heavy atom. The second kappa shape index (κ2) is 7.89. The summed E-state index contributed by atoms with van der Waals surface area (Å²) in [7, 11) is 0. The van der Waals surface area contributed by atoms with Crippen molar-refractivity contribution in [2.45, 2.75) is 30.0 Å². The molecule has 0 N–H and O–H groups in total. The summed E-state index contributed by atoms with van der Waals surface area (Å²) in [5.74, 6) is -0.938. The lowest BCUT2D eigenvalue weighted by molar-refractivity contribution is -0.144. The number of hydrogen-bond donors (Lipinski definition) is 0. The van der Waals surface area contributed by atoms with Crippen molar-refractivity contribution in [2.75, 3.05) is 11.5 Å². The third-order valence-corrected chi connectivity index (χ3v) is 6.59. The van der Waals surface area contributed by atoms with E-state index in [1.807, 2.05) is 30.3 Å². The van der Waals surface area contributed by atoms with E-state index >= 15 is 0 Å². The SMILES string of the molecule is CCOC(=O)CC1Sc2ccccc2N(Cc2nc3c(F)cccc3s2)C1=O. The van der Waals surface area contributed by atoms with E-state index in [9.17, 15) is 14.0 Å². The van der Waals surface area contributed by atoms with Gasteiger partial charge in [0, 0.05) is 4.90 Å². The maximum absolute atomic E-state index is 14.0. The van der Waals surface area contributed by atoms with E-state index < -0.39 is 11.2 Å². The van der Waals surface area contributed by atoms with Crippen molar-refractivity contribution in [3.8, 4) is 0 Å². The number of halogens is 1. The number of aromatic nitrogens is 1. The summed E-state index contributed by atoms with van der Waals surface area (Å²) in [6.45, 7) is 2.25. The van der Waals surface area contributed by atoms with Crippen molar-refractivity contribution in [1.82, 2.24) is 4.98 Å². The van der Waals surface area contributed by atoms with E-state index in [0.29, 0.717) is 10.5 Å². The Kier molecular flexibility index (Phi) is 5.32. The number of nitrogens with zero attached hydrogens (tertiary/aromatic N) is 2. The summed E-state index contributed by atoms with van der Waals surface area (Å²) < 4.78 is 19.7. The van der Waals surface area contributed by atoms with E-state index in [0.717, 1.165) is 15.3 Å². The summed E-state index contributed by atoms with van der Waals surface area (Å²) in [5, 5.41) is 0.0881. The number of ether oxygens (including phenoxy) is 1. The van der Waals surface area contributed by atoms with Crippen LogP contribution in [0.5, 0.6) is 0 Å². The monoisotopic (exact) mass is 416 g/mol. The molecule has 28 heavy (non-hydrogen) atoms. The van der Waals surface area contributed by atoms with Gasteiger partial charge in [-0.2, -0.15) is 0 Å². The minimum absolute atomic E-state index is 0.0106. The smallest absolute Gasteiger partial charge is 0.307 e. The lowest BCUT2D eigenvalue weighted by atomic mass is 10.2. The highest BCUT2D eigenvalue weighted by Crippen LogP contribution is 2.41. The molecule has 0 aliphatic carbocycles. The quantitative estimate of drug-likeness (QED) is 0.577. The second-order valence-electron chi connectivity index (χ2n) is 6.20. The van der Waals surface area contributed by atoms with Gasteiger partial charge < -0.3 is 9.64 Å². The summed E-state index contributed by atoms with van der Waals surface area (Å²) in [4.78, 5) is 32.0. The first-order valence-corrected chi connectivity index (χ1v) is 10.5. The normalized spacial score (nSPS) is 16.3. The Balaban J connectivity index is 1.66. The van der Waals surface area contributed by atoms with Crippen molar-refractivity contribution in [3.63, 3.8) is 0 Å². The molecule has 0 saturated carbocycles. The number of anilines is 1. The average Bonchev–Trinajstić information content (AvgIpc) is 3.09. The first-order valence-electron chi connectivity index (χ1n) is 8.83. The van der Waals surface area contributed by atoms with Gasteiger partial charge in [-0.1, -0.05) is 18.2 Å². The maximum Gasteiger partial charge on any atom is 0.307 e. The van der Waals surface area contributed by atoms with Crippen LogP contribution in [-0.2, 0) is 20.9 Å². The Bertz CT molecular complexity index is 1050. The number of hydrogen-bond acceptors (Lipinski definition) is 6. The topological polar surface area (TPSA) is 59.5 Å². The third kappa shape index (κ3) is 3.62. The molecule has 1 atom stereocenters. The first kappa shape index (κ1) is 18.9. The predicted molar refractivity (Wildman–Crippen MR) is 108 cm³/mol. The van der Waals surface area contributed by atoms with Gasteiger partial charge in [0.05, 0.1) is 35.2 Å². The number of esters is 1. The van der Waals surface area contributed by atoms with Gasteiger partial charge in [0.25, 0.3) is 0 Å². The molecule has 0 saturated heterocycles. The molecule has 5 nitrogen and oxygen atoms in total. The fourth-order valence-corrected chi connectivity index (χ4v) is 5.28. The Labute approximate surface area is 169 Å². The van der Waals surface area contributed by atoms with E-state index in [-0.39, 0.29) is 31.3 Å². The zero-order chi connectivity index (χ0) is 19.7. The number of thiazole rings is 1. The largest absolute Gasteiger partial charge is 0.466 e. The molecule has 4 rings (SSSR count). The van der Waals surface area contributed by atoms with Gasteiger partial charge >= 0.3 is 5.97 Å². The van der Waals surface area contributed by atoms with Crippen molar-refractivity contribution < 1.29 is 18.7 Å². The number of carbonyl (C=O) groups excluding carboxylic acids is 2. The van der Waals surface area contributed by atoms with Crippen LogP contribution in [0, 0.1) is 5.82 Å². The fourth-order valence-electron chi connectivity index (χ4n) is 3.10. The van der Waals surface area contributed by atoms with Gasteiger partial charge in [0.15, 0.2) is 0 Å². The summed E-state index contributed by atoms with van der Waals surface area (Å²) in [5.41, 5.74) is 1.09. The minimum Gasteiger partial charge on any atom is -0.466 e. The lowest BCUT2D eigenvalue weighted by Gasteiger charge is -2.32. The zero-order valence-electron chi connectivity index (χ0n) is 15.1. The van der Waals surface area contributed by atoms with Gasteiger partial charge in [-0.15, -0.1) is 23.1 Å². The van der Waals surface area contributed by atoms with E-state index in [1.54, 1.807) is 17.9 Å². The van der Waals surface area contributed by atoms with Gasteiger partial charge in [-0.3, -0.25) is 9.59 Å². The predicted octanol–water partition coefficient (Wildman–Crippen LogP) is 4.40. The van der Waals surface area contributed by atoms with Crippen LogP contribution in [-0.4, -0.2) is 28.7 Å². The Hall–Kier alpha value is -2.45. The molecule has 0 spiro atoms. The molecule has 1 unspecified atom stereocenters. The zero-order valence-corrected chi connectivity index (χ0v) is 16.7. The molecule has 1 amide bonds. The highest BCUT2D eigenvalue weighted by molar-refractivity contribution is 8.01. The summed E-state index contributed by atoms with van der Waals surface area (Å²) >= 11 is 2.73. The molecule has 0 fully saturated rings. The Morgan fingerprint density at radius 2 is 2.07 bits per heavy atom. The van der Waals surface area contributed by atoms with Gasteiger partial charge in [-0.25, -0.2) is 9.37 Å². The first-order chi connectivity index (χ1) is 13.6. The van der Waals surface area contributed by atoms with Gasteiger partial charge in [0.2, 0.25) is 5.91 Å². The molecule has 144 valence electrons. The minimum atomic E-state index is -0.555. The Morgan fingerprint density at radius 3 is 2.86 bits per heavy atom. The van der Waals surface area contributed by atoms with Crippen LogP contribution in [0.3, 0.4) is 0 Å². The standard InChI is InChI=1S/C20H17FN2O3S2/c1-2-26-18(24)10-16-20(25)23(13-7-3-4-8-14(13)27-16)11-17-22-19-12(21)6-5-9-15(19)28-17/h3-9,16H,2,10-11H2,1H3. The summed E-state index contributed by atoms with van der Waals surface area (Å²) in [6.07, 6.45) is 0.0106. The number of benzene rings is 2. The van der Waals surface area contributed by atoms with Crippen LogP contribution < -0.4 is 4.90 Å². The van der Waals surface area contributed by atoms with Crippen LogP contribution in [0.1, 0.15) is 18.4 Å². The second-order valence-corrected chi connectivity index (χ2v) is 8.56. The molecule has 1 aliphatic rings. The van der Waals surface area contributed by atoms with E-state index in [4.69, 9.17) is 4.74 Å². The number of amides is 1. The van der Waals surface area contributed by atoms with Crippen LogP contribution in [0.4, 0.5) is 10.1 Å². The molecular formula is C20H17FN2O3S2. The molecule has 2 heterocycles. The molecule has 1 aromatic heterocycles. The fraction of sp³-hybridized carbons (Fsp3) is 0.250. The lowest BCUT2D eigenvalue weighted by Crippen LogP contribution is -2.41. The van der Waals surface area contributed by atoms with Gasteiger partial charge in [-0.05, 0) is 31.2 Å². The van der Waals surface area contributed by atoms with Crippen LogP contribution in [0.15, 0.2) is 47.4 Å². The van der Waals surface area contributed by atoms with Crippen molar-refractivity contribution in [3.05, 3.63) is 53.3 Å². The highest BCUT2D eigenvalue weighted by atomic mass is 32.2. The van der Waals surface area contributed by atoms with Crippen molar-refractivity contribution in [2.24, 2.45) is 0 Å². The number of fused-ring (bicyclic) bond motifs is 2. The number of para-hydroxylation sites is 2.